The molecule has 1 aromatic heterocycles. The number of aryl methyl sites for hydroxylation is 1. The van der Waals surface area contributed by atoms with Gasteiger partial charge in [-0.1, -0.05) is 0 Å². The van der Waals surface area contributed by atoms with Gasteiger partial charge in [-0.05, 0) is 33.1 Å². The molecule has 1 unspecified atom stereocenters. The van der Waals surface area contributed by atoms with Gasteiger partial charge >= 0.3 is 6.03 Å². The highest BCUT2D eigenvalue weighted by molar-refractivity contribution is 5.77. The summed E-state index contributed by atoms with van der Waals surface area (Å²) in [6.45, 7) is 6.73. The van der Waals surface area contributed by atoms with Crippen LogP contribution in [0, 0.1) is 6.92 Å². The third-order valence-electron chi connectivity index (χ3n) is 4.64. The minimum atomic E-state index is 0.0372. The molecule has 1 aliphatic carbocycles. The maximum atomic E-state index is 12.4. The Kier molecular flexibility index (Phi) is 2.80. The second-order valence-corrected chi connectivity index (χ2v) is 6.32. The van der Waals surface area contributed by atoms with Gasteiger partial charge in [-0.15, -0.1) is 0 Å². The first-order valence-electron chi connectivity index (χ1n) is 7.83. The van der Waals surface area contributed by atoms with Crippen molar-refractivity contribution in [3.8, 4) is 0 Å². The molecule has 0 aromatic carbocycles. The van der Waals surface area contributed by atoms with Crippen molar-refractivity contribution in [3.63, 3.8) is 0 Å². The van der Waals surface area contributed by atoms with E-state index in [-0.39, 0.29) is 12.1 Å². The van der Waals surface area contributed by atoms with E-state index in [0.717, 1.165) is 48.8 Å². The van der Waals surface area contributed by atoms with E-state index >= 15 is 0 Å². The Labute approximate surface area is 124 Å². The SMILES string of the molecule is Cc1nc2c(c(N3CCC3)n1)C(C)N(C(=O)NC1CC1)C2. The number of hydrogen-bond acceptors (Lipinski definition) is 4. The molecule has 3 heterocycles. The van der Waals surface area contributed by atoms with Crippen LogP contribution in [0.3, 0.4) is 0 Å². The molecule has 6 nitrogen and oxygen atoms in total. The number of carbonyl (C=O) groups is 1. The predicted molar refractivity (Wildman–Crippen MR) is 79.1 cm³/mol. The van der Waals surface area contributed by atoms with Crippen molar-refractivity contribution in [2.75, 3.05) is 18.0 Å². The van der Waals surface area contributed by atoms with Crippen LogP contribution in [0.2, 0.25) is 0 Å². The second-order valence-electron chi connectivity index (χ2n) is 6.32. The summed E-state index contributed by atoms with van der Waals surface area (Å²) in [4.78, 5) is 25.8. The van der Waals surface area contributed by atoms with E-state index in [1.54, 1.807) is 0 Å². The molecule has 112 valence electrons. The largest absolute Gasteiger partial charge is 0.356 e. The molecule has 1 atom stereocenters. The first kappa shape index (κ1) is 12.9. The third-order valence-corrected chi connectivity index (χ3v) is 4.64. The van der Waals surface area contributed by atoms with Gasteiger partial charge in [-0.3, -0.25) is 0 Å². The van der Waals surface area contributed by atoms with Gasteiger partial charge in [0.25, 0.3) is 0 Å². The van der Waals surface area contributed by atoms with E-state index in [4.69, 9.17) is 0 Å². The van der Waals surface area contributed by atoms with E-state index < -0.39 is 0 Å². The summed E-state index contributed by atoms with van der Waals surface area (Å²) in [5.74, 6) is 1.84. The number of nitrogens with one attached hydrogen (secondary N) is 1. The average Bonchev–Trinajstić information content (AvgIpc) is 3.10. The standard InChI is InChI=1S/C15H21N5O/c1-9-13-12(8-20(9)15(21)18-11-4-5-11)16-10(2)17-14(13)19-6-3-7-19/h9,11H,3-8H2,1-2H3,(H,18,21). The van der Waals surface area contributed by atoms with Gasteiger partial charge in [0, 0.05) is 24.7 Å². The smallest absolute Gasteiger partial charge is 0.318 e. The zero-order valence-corrected chi connectivity index (χ0v) is 12.6. The van der Waals surface area contributed by atoms with Crippen LogP contribution in [0.25, 0.3) is 0 Å². The number of hydrogen-bond donors (Lipinski definition) is 1. The molecule has 2 amide bonds. The van der Waals surface area contributed by atoms with E-state index in [1.807, 2.05) is 11.8 Å². The third kappa shape index (κ3) is 2.13. The van der Waals surface area contributed by atoms with Crippen LogP contribution in [-0.4, -0.2) is 40.0 Å². The van der Waals surface area contributed by atoms with Crippen molar-refractivity contribution in [1.29, 1.82) is 0 Å². The van der Waals surface area contributed by atoms with Crippen LogP contribution in [0.4, 0.5) is 10.6 Å². The lowest BCUT2D eigenvalue weighted by Gasteiger charge is -2.34. The highest BCUT2D eigenvalue weighted by Gasteiger charge is 2.38. The molecule has 1 N–H and O–H groups in total. The molecule has 0 radical (unpaired) electrons. The number of fused-ring (bicyclic) bond motifs is 1. The molecule has 1 saturated heterocycles. The molecule has 3 aliphatic rings. The van der Waals surface area contributed by atoms with Crippen molar-refractivity contribution < 1.29 is 4.79 Å². The summed E-state index contributed by atoms with van der Waals surface area (Å²) in [6.07, 6.45) is 3.44. The van der Waals surface area contributed by atoms with Gasteiger partial charge in [0.05, 0.1) is 18.3 Å². The van der Waals surface area contributed by atoms with Crippen molar-refractivity contribution in [1.82, 2.24) is 20.2 Å². The summed E-state index contributed by atoms with van der Waals surface area (Å²) in [6, 6.07) is 0.473. The van der Waals surface area contributed by atoms with E-state index in [2.05, 4.69) is 27.1 Å². The zero-order valence-electron chi connectivity index (χ0n) is 12.6. The number of nitrogens with zero attached hydrogens (tertiary/aromatic N) is 4. The zero-order chi connectivity index (χ0) is 14.6. The van der Waals surface area contributed by atoms with E-state index in [0.29, 0.717) is 12.6 Å². The molecule has 0 spiro atoms. The quantitative estimate of drug-likeness (QED) is 0.900. The molecular weight excluding hydrogens is 266 g/mol. The average molecular weight is 287 g/mol. The van der Waals surface area contributed by atoms with Crippen molar-refractivity contribution in [2.45, 2.75) is 51.7 Å². The summed E-state index contributed by atoms with van der Waals surface area (Å²) < 4.78 is 0. The second kappa shape index (κ2) is 4.58. The Hall–Kier alpha value is -1.85. The normalized spacial score (nSPS) is 23.8. The Morgan fingerprint density at radius 1 is 1.29 bits per heavy atom. The molecule has 6 heteroatoms. The van der Waals surface area contributed by atoms with Crippen LogP contribution in [0.15, 0.2) is 0 Å². The fourth-order valence-corrected chi connectivity index (χ4v) is 3.13. The summed E-state index contributed by atoms with van der Waals surface area (Å²) in [5, 5.41) is 3.08. The summed E-state index contributed by atoms with van der Waals surface area (Å²) in [5.41, 5.74) is 2.16. The molecular formula is C15H21N5O. The summed E-state index contributed by atoms with van der Waals surface area (Å²) in [7, 11) is 0. The van der Waals surface area contributed by atoms with E-state index in [9.17, 15) is 4.79 Å². The molecule has 0 bridgehead atoms. The van der Waals surface area contributed by atoms with Crippen molar-refractivity contribution in [3.05, 3.63) is 17.1 Å². The Bertz CT molecular complexity index is 594. The fraction of sp³-hybridized carbons (Fsp3) is 0.667. The monoisotopic (exact) mass is 287 g/mol. The lowest BCUT2D eigenvalue weighted by molar-refractivity contribution is 0.184. The highest BCUT2D eigenvalue weighted by Crippen LogP contribution is 2.39. The van der Waals surface area contributed by atoms with Crippen LogP contribution in [0.1, 0.15) is 49.3 Å². The lowest BCUT2D eigenvalue weighted by Crippen LogP contribution is -2.40. The van der Waals surface area contributed by atoms with Crippen LogP contribution in [0.5, 0.6) is 0 Å². The van der Waals surface area contributed by atoms with Crippen molar-refractivity contribution >= 4 is 11.8 Å². The van der Waals surface area contributed by atoms with Crippen molar-refractivity contribution in [2.24, 2.45) is 0 Å². The Balaban J connectivity index is 1.64. The van der Waals surface area contributed by atoms with Gasteiger partial charge in [0.15, 0.2) is 0 Å². The van der Waals surface area contributed by atoms with Gasteiger partial charge in [0.1, 0.15) is 11.6 Å². The molecule has 1 aromatic rings. The van der Waals surface area contributed by atoms with Crippen LogP contribution < -0.4 is 10.2 Å². The van der Waals surface area contributed by atoms with Gasteiger partial charge in [-0.2, -0.15) is 0 Å². The summed E-state index contributed by atoms with van der Waals surface area (Å²) >= 11 is 0. The lowest BCUT2D eigenvalue weighted by atomic mass is 10.1. The molecule has 2 aliphatic heterocycles. The topological polar surface area (TPSA) is 61.4 Å². The van der Waals surface area contributed by atoms with E-state index in [1.165, 1.54) is 6.42 Å². The van der Waals surface area contributed by atoms with Crippen LogP contribution >= 0.6 is 0 Å². The van der Waals surface area contributed by atoms with Gasteiger partial charge in [-0.25, -0.2) is 14.8 Å². The number of urea groups is 1. The first-order chi connectivity index (χ1) is 10.1. The number of aromatic nitrogens is 2. The molecule has 21 heavy (non-hydrogen) atoms. The Morgan fingerprint density at radius 2 is 2.05 bits per heavy atom. The molecule has 1 saturated carbocycles. The minimum Gasteiger partial charge on any atom is -0.356 e. The fourth-order valence-electron chi connectivity index (χ4n) is 3.13. The Morgan fingerprint density at radius 3 is 2.67 bits per heavy atom. The van der Waals surface area contributed by atoms with Crippen LogP contribution in [-0.2, 0) is 6.54 Å². The van der Waals surface area contributed by atoms with Gasteiger partial charge in [0.2, 0.25) is 0 Å². The number of carbonyl (C=O) groups excluding carboxylic acids is 1. The maximum absolute atomic E-state index is 12.4. The first-order valence-corrected chi connectivity index (χ1v) is 7.83. The highest BCUT2D eigenvalue weighted by atomic mass is 16.2. The maximum Gasteiger partial charge on any atom is 0.318 e. The predicted octanol–water partition coefficient (Wildman–Crippen LogP) is 1.74. The number of anilines is 1. The number of rotatable bonds is 2. The number of amides is 2. The molecule has 2 fully saturated rings. The molecule has 4 rings (SSSR count). The minimum absolute atomic E-state index is 0.0372. The van der Waals surface area contributed by atoms with Gasteiger partial charge < -0.3 is 15.1 Å².